The molecule has 1 saturated carbocycles. The maximum Gasteiger partial charge on any atom is 0.191 e. The fourth-order valence-electron chi connectivity index (χ4n) is 4.92. The Labute approximate surface area is 154 Å². The molecule has 1 atom stereocenters. The third-order valence-electron chi connectivity index (χ3n) is 6.47. The average molecular weight is 350 g/mol. The molecule has 144 valence electrons. The van der Waals surface area contributed by atoms with Crippen LogP contribution in [0.15, 0.2) is 4.99 Å². The highest BCUT2D eigenvalue weighted by Gasteiger charge is 2.26. The number of piperidine rings is 2. The molecule has 1 aliphatic carbocycles. The quantitative estimate of drug-likeness (QED) is 0.604. The Kier molecular flexibility index (Phi) is 7.41. The molecular formula is C20H39N5. The molecule has 0 radical (unpaired) electrons. The van der Waals surface area contributed by atoms with Crippen LogP contribution < -0.4 is 10.6 Å². The predicted octanol–water partition coefficient (Wildman–Crippen LogP) is 2.29. The Morgan fingerprint density at radius 1 is 0.960 bits per heavy atom. The van der Waals surface area contributed by atoms with Crippen molar-refractivity contribution < 1.29 is 0 Å². The van der Waals surface area contributed by atoms with Crippen LogP contribution in [0.3, 0.4) is 0 Å². The molecule has 0 aromatic rings. The van der Waals surface area contributed by atoms with Gasteiger partial charge >= 0.3 is 0 Å². The van der Waals surface area contributed by atoms with Crippen molar-refractivity contribution in [3.8, 4) is 0 Å². The Morgan fingerprint density at radius 3 is 2.40 bits per heavy atom. The van der Waals surface area contributed by atoms with Gasteiger partial charge in [0.25, 0.3) is 0 Å². The first-order chi connectivity index (χ1) is 12.2. The van der Waals surface area contributed by atoms with Crippen LogP contribution in [0.2, 0.25) is 0 Å². The van der Waals surface area contributed by atoms with Crippen LogP contribution in [-0.2, 0) is 0 Å². The molecule has 1 unspecified atom stereocenters. The summed E-state index contributed by atoms with van der Waals surface area (Å²) in [6.07, 6.45) is 12.4. The normalized spacial score (nSPS) is 28.9. The van der Waals surface area contributed by atoms with E-state index in [9.17, 15) is 0 Å². The van der Waals surface area contributed by atoms with E-state index >= 15 is 0 Å². The van der Waals surface area contributed by atoms with Crippen LogP contribution in [0.4, 0.5) is 0 Å². The van der Waals surface area contributed by atoms with Gasteiger partial charge in [-0.2, -0.15) is 0 Å². The zero-order chi connectivity index (χ0) is 17.5. The summed E-state index contributed by atoms with van der Waals surface area (Å²) in [6, 6.07) is 1.45. The SMILES string of the molecule is CN=C(NCC1CCCN(C)C1)NC1CCN(C2CCCCC2)CC1. The van der Waals surface area contributed by atoms with E-state index in [1.165, 1.54) is 84.0 Å². The lowest BCUT2D eigenvalue weighted by atomic mass is 9.92. The molecule has 3 fully saturated rings. The van der Waals surface area contributed by atoms with Crippen molar-refractivity contribution in [3.05, 3.63) is 0 Å². The molecule has 2 heterocycles. The van der Waals surface area contributed by atoms with Crippen molar-refractivity contribution >= 4 is 5.96 Å². The van der Waals surface area contributed by atoms with Gasteiger partial charge in [-0.05, 0) is 58.0 Å². The number of rotatable bonds is 4. The van der Waals surface area contributed by atoms with Crippen LogP contribution in [0.25, 0.3) is 0 Å². The summed E-state index contributed by atoms with van der Waals surface area (Å²) >= 11 is 0. The summed E-state index contributed by atoms with van der Waals surface area (Å²) in [4.78, 5) is 9.67. The molecule has 3 aliphatic rings. The minimum atomic E-state index is 0.583. The highest BCUT2D eigenvalue weighted by molar-refractivity contribution is 5.79. The van der Waals surface area contributed by atoms with Crippen molar-refractivity contribution in [2.45, 2.75) is 69.9 Å². The summed E-state index contributed by atoms with van der Waals surface area (Å²) < 4.78 is 0. The zero-order valence-electron chi connectivity index (χ0n) is 16.5. The second-order valence-electron chi connectivity index (χ2n) is 8.47. The number of guanidine groups is 1. The minimum Gasteiger partial charge on any atom is -0.356 e. The van der Waals surface area contributed by atoms with E-state index in [1.54, 1.807) is 0 Å². The van der Waals surface area contributed by atoms with Crippen molar-refractivity contribution in [2.75, 3.05) is 46.8 Å². The molecule has 5 heteroatoms. The monoisotopic (exact) mass is 349 g/mol. The molecule has 0 spiro atoms. The average Bonchev–Trinajstić information content (AvgIpc) is 2.66. The largest absolute Gasteiger partial charge is 0.356 e. The molecule has 0 amide bonds. The number of hydrogen-bond donors (Lipinski definition) is 2. The van der Waals surface area contributed by atoms with E-state index in [1.807, 2.05) is 7.05 Å². The Morgan fingerprint density at radius 2 is 1.72 bits per heavy atom. The van der Waals surface area contributed by atoms with E-state index in [2.05, 4.69) is 32.5 Å². The summed E-state index contributed by atoms with van der Waals surface area (Å²) in [6.45, 7) is 6.03. The first kappa shape index (κ1) is 19.0. The van der Waals surface area contributed by atoms with Crippen LogP contribution in [-0.4, -0.2) is 74.7 Å². The Hall–Kier alpha value is -0.810. The Balaban J connectivity index is 1.36. The fourth-order valence-corrected chi connectivity index (χ4v) is 4.92. The summed E-state index contributed by atoms with van der Waals surface area (Å²) in [5.74, 6) is 1.76. The zero-order valence-corrected chi connectivity index (χ0v) is 16.5. The van der Waals surface area contributed by atoms with Gasteiger partial charge in [0.15, 0.2) is 5.96 Å². The lowest BCUT2D eigenvalue weighted by molar-refractivity contribution is 0.119. The molecule has 3 rings (SSSR count). The van der Waals surface area contributed by atoms with Gasteiger partial charge in [0.1, 0.15) is 0 Å². The van der Waals surface area contributed by atoms with Crippen LogP contribution >= 0.6 is 0 Å². The van der Waals surface area contributed by atoms with Crippen molar-refractivity contribution in [2.24, 2.45) is 10.9 Å². The first-order valence-electron chi connectivity index (χ1n) is 10.6. The standard InChI is InChI=1S/C20H39N5/c1-21-20(22-15-17-7-6-12-24(2)16-17)23-18-10-13-25(14-11-18)19-8-4-3-5-9-19/h17-19H,3-16H2,1-2H3,(H2,21,22,23). The maximum absolute atomic E-state index is 4.46. The van der Waals surface area contributed by atoms with E-state index < -0.39 is 0 Å². The van der Waals surface area contributed by atoms with Gasteiger partial charge < -0.3 is 20.4 Å². The smallest absolute Gasteiger partial charge is 0.191 e. The second-order valence-corrected chi connectivity index (χ2v) is 8.47. The van der Waals surface area contributed by atoms with Crippen LogP contribution in [0.5, 0.6) is 0 Å². The van der Waals surface area contributed by atoms with Crippen molar-refractivity contribution in [1.29, 1.82) is 0 Å². The topological polar surface area (TPSA) is 42.9 Å². The summed E-state index contributed by atoms with van der Waals surface area (Å²) in [5, 5.41) is 7.26. The molecule has 25 heavy (non-hydrogen) atoms. The highest BCUT2D eigenvalue weighted by atomic mass is 15.2. The molecule has 5 nitrogen and oxygen atoms in total. The third-order valence-corrected chi connectivity index (χ3v) is 6.47. The molecule has 2 saturated heterocycles. The minimum absolute atomic E-state index is 0.583. The van der Waals surface area contributed by atoms with Gasteiger partial charge in [0.05, 0.1) is 0 Å². The maximum atomic E-state index is 4.46. The number of nitrogens with zero attached hydrogens (tertiary/aromatic N) is 3. The van der Waals surface area contributed by atoms with E-state index in [0.29, 0.717) is 6.04 Å². The van der Waals surface area contributed by atoms with Gasteiger partial charge in [-0.3, -0.25) is 4.99 Å². The summed E-state index contributed by atoms with van der Waals surface area (Å²) in [7, 11) is 4.14. The van der Waals surface area contributed by atoms with Crippen LogP contribution in [0.1, 0.15) is 57.8 Å². The Bertz CT molecular complexity index is 410. The molecular weight excluding hydrogens is 310 g/mol. The molecule has 2 aliphatic heterocycles. The predicted molar refractivity (Wildman–Crippen MR) is 106 cm³/mol. The van der Waals surface area contributed by atoms with Crippen molar-refractivity contribution in [1.82, 2.24) is 20.4 Å². The van der Waals surface area contributed by atoms with Gasteiger partial charge in [-0.15, -0.1) is 0 Å². The summed E-state index contributed by atoms with van der Waals surface area (Å²) in [5.41, 5.74) is 0. The first-order valence-corrected chi connectivity index (χ1v) is 10.6. The molecule has 2 N–H and O–H groups in total. The fraction of sp³-hybridized carbons (Fsp3) is 0.950. The third kappa shape index (κ3) is 5.85. The molecule has 0 aromatic heterocycles. The number of nitrogens with one attached hydrogen (secondary N) is 2. The second kappa shape index (κ2) is 9.77. The van der Waals surface area contributed by atoms with Gasteiger partial charge in [0.2, 0.25) is 0 Å². The van der Waals surface area contributed by atoms with E-state index in [0.717, 1.165) is 24.5 Å². The highest BCUT2D eigenvalue weighted by Crippen LogP contribution is 2.25. The van der Waals surface area contributed by atoms with E-state index in [-0.39, 0.29) is 0 Å². The van der Waals surface area contributed by atoms with Crippen molar-refractivity contribution in [3.63, 3.8) is 0 Å². The number of hydrogen-bond acceptors (Lipinski definition) is 3. The van der Waals surface area contributed by atoms with E-state index in [4.69, 9.17) is 0 Å². The number of aliphatic imine (C=N–C) groups is 1. The van der Waals surface area contributed by atoms with Gasteiger partial charge in [0, 0.05) is 45.3 Å². The van der Waals surface area contributed by atoms with Crippen LogP contribution in [0, 0.1) is 5.92 Å². The van der Waals surface area contributed by atoms with Gasteiger partial charge in [-0.25, -0.2) is 0 Å². The molecule has 0 bridgehead atoms. The van der Waals surface area contributed by atoms with Gasteiger partial charge in [-0.1, -0.05) is 19.3 Å². The number of likely N-dealkylation sites (tertiary alicyclic amines) is 2. The lowest BCUT2D eigenvalue weighted by Crippen LogP contribution is -2.51. The molecule has 0 aromatic carbocycles. The lowest BCUT2D eigenvalue weighted by Gasteiger charge is -2.39.